The maximum Gasteiger partial charge on any atom is 0.259 e. The van der Waals surface area contributed by atoms with Crippen LogP contribution in [0.15, 0.2) is 53.5 Å². The van der Waals surface area contributed by atoms with E-state index in [1.807, 2.05) is 24.3 Å². The summed E-state index contributed by atoms with van der Waals surface area (Å²) in [5.74, 6) is -0.0776. The van der Waals surface area contributed by atoms with Gasteiger partial charge in [-0.2, -0.15) is 0 Å². The number of rotatable bonds is 5. The standard InChI is InChI=1S/C16H15BrN6O/c17-14-3-1-2-11(5-14)9-23-10-20-16(22-23)21-15(24)13-4-12(6-18)7-19-8-13/h1-5,7-8,10H,6,9,18H2,(H,21,22,24). The van der Waals surface area contributed by atoms with Crippen molar-refractivity contribution in [1.29, 1.82) is 0 Å². The number of benzene rings is 1. The van der Waals surface area contributed by atoms with E-state index in [0.29, 0.717) is 18.7 Å². The van der Waals surface area contributed by atoms with Gasteiger partial charge in [-0.25, -0.2) is 9.67 Å². The number of hydrogen-bond donors (Lipinski definition) is 2. The van der Waals surface area contributed by atoms with Gasteiger partial charge >= 0.3 is 0 Å². The van der Waals surface area contributed by atoms with Gasteiger partial charge in [-0.1, -0.05) is 28.1 Å². The van der Waals surface area contributed by atoms with Crippen molar-refractivity contribution in [3.8, 4) is 0 Å². The van der Waals surface area contributed by atoms with E-state index in [4.69, 9.17) is 5.73 Å². The molecule has 1 amide bonds. The van der Waals surface area contributed by atoms with Crippen molar-refractivity contribution in [2.24, 2.45) is 5.73 Å². The number of nitrogens with two attached hydrogens (primary N) is 1. The van der Waals surface area contributed by atoms with Crippen LogP contribution in [0.3, 0.4) is 0 Å². The second-order valence-electron chi connectivity index (χ2n) is 5.14. The Hall–Kier alpha value is -2.58. The van der Waals surface area contributed by atoms with Crippen LogP contribution in [0.5, 0.6) is 0 Å². The maximum atomic E-state index is 12.2. The van der Waals surface area contributed by atoms with Crippen LogP contribution in [0, 0.1) is 0 Å². The van der Waals surface area contributed by atoms with Gasteiger partial charge in [0.1, 0.15) is 6.33 Å². The van der Waals surface area contributed by atoms with Crippen LogP contribution in [-0.2, 0) is 13.1 Å². The Balaban J connectivity index is 1.68. The molecule has 0 aliphatic heterocycles. The van der Waals surface area contributed by atoms with Gasteiger partial charge < -0.3 is 5.73 Å². The summed E-state index contributed by atoms with van der Waals surface area (Å²) in [4.78, 5) is 20.3. The molecule has 8 heteroatoms. The summed E-state index contributed by atoms with van der Waals surface area (Å²) in [6, 6.07) is 9.61. The average Bonchev–Trinajstić information content (AvgIpc) is 3.01. The zero-order chi connectivity index (χ0) is 16.9. The molecule has 24 heavy (non-hydrogen) atoms. The van der Waals surface area contributed by atoms with E-state index in [2.05, 4.69) is 36.3 Å². The number of carbonyl (C=O) groups is 1. The Morgan fingerprint density at radius 2 is 2.12 bits per heavy atom. The Bertz CT molecular complexity index is 863. The minimum absolute atomic E-state index is 0.244. The van der Waals surface area contributed by atoms with Gasteiger partial charge in [0.15, 0.2) is 0 Å². The lowest BCUT2D eigenvalue weighted by molar-refractivity contribution is 0.102. The first kappa shape index (κ1) is 16.3. The number of nitrogens with one attached hydrogen (secondary N) is 1. The van der Waals surface area contributed by atoms with Gasteiger partial charge in [-0.15, -0.1) is 5.10 Å². The van der Waals surface area contributed by atoms with E-state index in [0.717, 1.165) is 15.6 Å². The quantitative estimate of drug-likeness (QED) is 0.699. The molecule has 3 rings (SSSR count). The molecule has 0 saturated carbocycles. The first-order valence-electron chi connectivity index (χ1n) is 7.23. The molecule has 0 aliphatic carbocycles. The van der Waals surface area contributed by atoms with Gasteiger partial charge in [0.25, 0.3) is 5.91 Å². The number of halogens is 1. The average molecular weight is 387 g/mol. The molecule has 1 aromatic carbocycles. The minimum atomic E-state index is -0.321. The zero-order valence-corrected chi connectivity index (χ0v) is 14.3. The topological polar surface area (TPSA) is 98.7 Å². The molecule has 7 nitrogen and oxygen atoms in total. The number of anilines is 1. The minimum Gasteiger partial charge on any atom is -0.326 e. The summed E-state index contributed by atoms with van der Waals surface area (Å²) in [6.45, 7) is 0.889. The molecule has 0 aliphatic rings. The molecule has 3 aromatic rings. The lowest BCUT2D eigenvalue weighted by atomic mass is 10.2. The molecule has 2 heterocycles. The molecule has 0 fully saturated rings. The Labute approximate surface area is 147 Å². The van der Waals surface area contributed by atoms with Crippen molar-refractivity contribution in [3.63, 3.8) is 0 Å². The van der Waals surface area contributed by atoms with Gasteiger partial charge in [0.05, 0.1) is 12.1 Å². The van der Waals surface area contributed by atoms with E-state index in [1.54, 1.807) is 23.3 Å². The normalized spacial score (nSPS) is 10.6. The Morgan fingerprint density at radius 3 is 2.92 bits per heavy atom. The van der Waals surface area contributed by atoms with Crippen LogP contribution in [-0.4, -0.2) is 25.7 Å². The number of hydrogen-bond acceptors (Lipinski definition) is 5. The van der Waals surface area contributed by atoms with Crippen LogP contribution in [0.4, 0.5) is 5.95 Å². The molecule has 122 valence electrons. The SMILES string of the molecule is NCc1cncc(C(=O)Nc2ncn(Cc3cccc(Br)c3)n2)c1. The summed E-state index contributed by atoms with van der Waals surface area (Å²) in [5, 5.41) is 6.91. The third kappa shape index (κ3) is 4.03. The van der Waals surface area contributed by atoms with Crippen molar-refractivity contribution in [2.75, 3.05) is 5.32 Å². The molecular weight excluding hydrogens is 372 g/mol. The lowest BCUT2D eigenvalue weighted by Gasteiger charge is -2.03. The van der Waals surface area contributed by atoms with Gasteiger partial charge in [0, 0.05) is 23.4 Å². The fraction of sp³-hybridized carbons (Fsp3) is 0.125. The smallest absolute Gasteiger partial charge is 0.259 e. The fourth-order valence-corrected chi connectivity index (χ4v) is 2.59. The zero-order valence-electron chi connectivity index (χ0n) is 12.7. The van der Waals surface area contributed by atoms with Crippen molar-refractivity contribution in [3.05, 3.63) is 70.2 Å². The number of pyridine rings is 1. The highest BCUT2D eigenvalue weighted by molar-refractivity contribution is 9.10. The third-order valence-electron chi connectivity index (χ3n) is 3.29. The van der Waals surface area contributed by atoms with E-state index < -0.39 is 0 Å². The van der Waals surface area contributed by atoms with Crippen LogP contribution in [0.2, 0.25) is 0 Å². The lowest BCUT2D eigenvalue weighted by Crippen LogP contribution is -2.14. The maximum absolute atomic E-state index is 12.2. The largest absolute Gasteiger partial charge is 0.326 e. The van der Waals surface area contributed by atoms with E-state index in [-0.39, 0.29) is 11.9 Å². The van der Waals surface area contributed by atoms with Crippen molar-refractivity contribution >= 4 is 27.8 Å². The number of amides is 1. The van der Waals surface area contributed by atoms with Crippen molar-refractivity contribution in [1.82, 2.24) is 19.7 Å². The van der Waals surface area contributed by atoms with Crippen LogP contribution >= 0.6 is 15.9 Å². The molecule has 0 bridgehead atoms. The summed E-state index contributed by atoms with van der Waals surface area (Å²) in [7, 11) is 0. The summed E-state index contributed by atoms with van der Waals surface area (Å²) in [6.07, 6.45) is 4.68. The second-order valence-corrected chi connectivity index (χ2v) is 6.05. The van der Waals surface area contributed by atoms with Gasteiger partial charge in [0.2, 0.25) is 5.95 Å². The van der Waals surface area contributed by atoms with E-state index >= 15 is 0 Å². The highest BCUT2D eigenvalue weighted by Gasteiger charge is 2.10. The first-order valence-corrected chi connectivity index (χ1v) is 8.02. The Kier molecular flexibility index (Phi) is 4.97. The predicted molar refractivity (Wildman–Crippen MR) is 93.3 cm³/mol. The molecule has 0 spiro atoms. The fourth-order valence-electron chi connectivity index (χ4n) is 2.15. The van der Waals surface area contributed by atoms with Crippen LogP contribution in [0.25, 0.3) is 0 Å². The molecular formula is C16H15BrN6O. The van der Waals surface area contributed by atoms with Crippen LogP contribution < -0.4 is 11.1 Å². The second kappa shape index (κ2) is 7.33. The van der Waals surface area contributed by atoms with Gasteiger partial charge in [-0.3, -0.25) is 15.1 Å². The van der Waals surface area contributed by atoms with Crippen molar-refractivity contribution in [2.45, 2.75) is 13.1 Å². The number of aromatic nitrogens is 4. The highest BCUT2D eigenvalue weighted by atomic mass is 79.9. The molecule has 0 atom stereocenters. The summed E-state index contributed by atoms with van der Waals surface area (Å²) >= 11 is 3.43. The third-order valence-corrected chi connectivity index (χ3v) is 3.78. The van der Waals surface area contributed by atoms with E-state index in [9.17, 15) is 4.79 Å². The molecule has 3 N–H and O–H groups in total. The molecule has 0 saturated heterocycles. The first-order chi connectivity index (χ1) is 11.6. The molecule has 0 unspecified atom stereocenters. The number of nitrogens with zero attached hydrogens (tertiary/aromatic N) is 4. The van der Waals surface area contributed by atoms with Crippen molar-refractivity contribution < 1.29 is 4.79 Å². The van der Waals surface area contributed by atoms with E-state index in [1.165, 1.54) is 6.20 Å². The molecule has 2 aromatic heterocycles. The number of carbonyl (C=O) groups excluding carboxylic acids is 1. The molecule has 0 radical (unpaired) electrons. The highest BCUT2D eigenvalue weighted by Crippen LogP contribution is 2.13. The Morgan fingerprint density at radius 1 is 1.25 bits per heavy atom. The monoisotopic (exact) mass is 386 g/mol. The summed E-state index contributed by atoms with van der Waals surface area (Å²) in [5.41, 5.74) is 7.84. The summed E-state index contributed by atoms with van der Waals surface area (Å²) < 4.78 is 2.66. The van der Waals surface area contributed by atoms with Gasteiger partial charge in [-0.05, 0) is 29.3 Å². The predicted octanol–water partition coefficient (Wildman–Crippen LogP) is 2.19. The van der Waals surface area contributed by atoms with Crippen LogP contribution in [0.1, 0.15) is 21.5 Å².